The summed E-state index contributed by atoms with van der Waals surface area (Å²) >= 11 is 0. The normalized spacial score (nSPS) is 17.1. The van der Waals surface area contributed by atoms with Crippen molar-refractivity contribution in [2.24, 2.45) is 0 Å². The third-order valence-electron chi connectivity index (χ3n) is 2.10. The number of aliphatic hydroxyl groups excluding tert-OH is 5. The summed E-state index contributed by atoms with van der Waals surface area (Å²) in [7, 11) is 0. The molecule has 0 aromatic rings. The van der Waals surface area contributed by atoms with E-state index >= 15 is 0 Å². The number of quaternary nitrogens is 1. The summed E-state index contributed by atoms with van der Waals surface area (Å²) in [6.45, 7) is 2.40. The van der Waals surface area contributed by atoms with Crippen LogP contribution >= 0.6 is 0 Å². The van der Waals surface area contributed by atoms with Gasteiger partial charge in [-0.2, -0.15) is 0 Å². The van der Waals surface area contributed by atoms with Crippen LogP contribution in [-0.2, 0) is 4.79 Å². The van der Waals surface area contributed by atoms with Crippen LogP contribution in [0.15, 0.2) is 0 Å². The van der Waals surface area contributed by atoms with Gasteiger partial charge in [0.15, 0.2) is 0 Å². The maximum Gasteiger partial charge on any atom is 0.122 e. The van der Waals surface area contributed by atoms with Gasteiger partial charge in [0.2, 0.25) is 0 Å². The average molecular weight is 269 g/mol. The van der Waals surface area contributed by atoms with Crippen molar-refractivity contribution in [1.29, 1.82) is 0 Å². The lowest BCUT2D eigenvalue weighted by atomic mass is 10.0. The Morgan fingerprint density at radius 2 is 1.72 bits per heavy atom. The van der Waals surface area contributed by atoms with Crippen molar-refractivity contribution in [3.05, 3.63) is 0 Å². The molecule has 0 fully saturated rings. The molecule has 0 aliphatic carbocycles. The molecule has 110 valence electrons. The van der Waals surface area contributed by atoms with Gasteiger partial charge in [-0.25, -0.2) is 0 Å². The van der Waals surface area contributed by atoms with Crippen LogP contribution in [-0.4, -0.2) is 69.1 Å². The van der Waals surface area contributed by atoms with E-state index in [0.717, 1.165) is 6.54 Å². The predicted molar refractivity (Wildman–Crippen MR) is 58.8 cm³/mol. The second-order valence-electron chi connectivity index (χ2n) is 3.70. The Morgan fingerprint density at radius 3 is 1.94 bits per heavy atom. The van der Waals surface area contributed by atoms with Crippen molar-refractivity contribution in [3.63, 3.8) is 0 Å². The van der Waals surface area contributed by atoms with Gasteiger partial charge in [-0.05, 0) is 6.42 Å². The summed E-state index contributed by atoms with van der Waals surface area (Å²) in [6, 6.07) is 0. The van der Waals surface area contributed by atoms with Crippen LogP contribution in [0.4, 0.5) is 0 Å². The Bertz CT molecular complexity index is 212. The molecular formula is C10H23NO7. The first-order valence-electron chi connectivity index (χ1n) is 5.66. The molecule has 0 aliphatic rings. The second-order valence-corrected chi connectivity index (χ2v) is 3.70. The molecule has 0 radical (unpaired) electrons. The highest BCUT2D eigenvalue weighted by molar-refractivity contribution is 5.70. The van der Waals surface area contributed by atoms with Gasteiger partial charge in [-0.15, -0.1) is 0 Å². The second kappa shape index (κ2) is 11.3. The lowest BCUT2D eigenvalue weighted by Crippen LogP contribution is -2.52. The number of hydrogen-bond donors (Lipinski definition) is 6. The van der Waals surface area contributed by atoms with E-state index in [4.69, 9.17) is 25.5 Å². The fourth-order valence-corrected chi connectivity index (χ4v) is 0.912. The van der Waals surface area contributed by atoms with E-state index in [1.54, 1.807) is 0 Å². The van der Waals surface area contributed by atoms with Gasteiger partial charge in [-0.1, -0.05) is 13.3 Å². The number of aliphatic hydroxyl groups is 5. The van der Waals surface area contributed by atoms with Crippen molar-refractivity contribution < 1.29 is 41.2 Å². The molecule has 0 rings (SSSR count). The van der Waals surface area contributed by atoms with E-state index in [-0.39, 0.29) is 0 Å². The number of aliphatic carboxylic acids is 1. The Kier molecular flexibility index (Phi) is 12.3. The highest BCUT2D eigenvalue weighted by atomic mass is 16.4. The summed E-state index contributed by atoms with van der Waals surface area (Å²) < 4.78 is 0. The first-order valence-corrected chi connectivity index (χ1v) is 5.66. The molecule has 4 atom stereocenters. The Morgan fingerprint density at radius 1 is 1.22 bits per heavy atom. The molecule has 0 spiro atoms. The third-order valence-corrected chi connectivity index (χ3v) is 2.10. The summed E-state index contributed by atoms with van der Waals surface area (Å²) in [5.74, 6) is -1.98. The molecule has 8 N–H and O–H groups in total. The van der Waals surface area contributed by atoms with Gasteiger partial charge in [0.1, 0.15) is 24.4 Å². The smallest absolute Gasteiger partial charge is 0.122 e. The maximum absolute atomic E-state index is 9.98. The van der Waals surface area contributed by atoms with Crippen LogP contribution in [0.25, 0.3) is 0 Å². The van der Waals surface area contributed by atoms with Crippen LogP contribution in [0.3, 0.4) is 0 Å². The molecule has 0 saturated heterocycles. The lowest BCUT2D eigenvalue weighted by Gasteiger charge is -2.25. The zero-order chi connectivity index (χ0) is 14.7. The van der Waals surface area contributed by atoms with E-state index in [1.165, 1.54) is 12.8 Å². The summed E-state index contributed by atoms with van der Waals surface area (Å²) in [5.41, 5.74) is 3.68. The fraction of sp³-hybridized carbons (Fsp3) is 0.900. The standard InChI is InChI=1S/C6H12O7.C4H11N/c7-1-2(8)3(9)4(10)5(11)6(12)13;1-2-3-4-5/h2-5,7-11H,1H2,(H,12,13);2-5H2,1H3/t2-,3-,4+,5-;/m1./s1. The first-order chi connectivity index (χ1) is 8.33. The number of carboxylic acids is 1. The van der Waals surface area contributed by atoms with Gasteiger partial charge in [0, 0.05) is 0 Å². The molecule has 18 heavy (non-hydrogen) atoms. The molecular weight excluding hydrogens is 246 g/mol. The van der Waals surface area contributed by atoms with E-state index in [9.17, 15) is 9.90 Å². The zero-order valence-electron chi connectivity index (χ0n) is 10.4. The number of hydrogen-bond acceptors (Lipinski definition) is 7. The Hall–Kier alpha value is -0.770. The molecule has 0 aromatic carbocycles. The van der Waals surface area contributed by atoms with Gasteiger partial charge in [0.25, 0.3) is 0 Å². The molecule has 8 heteroatoms. The number of carbonyl (C=O) groups is 1. The molecule has 0 heterocycles. The van der Waals surface area contributed by atoms with E-state index in [2.05, 4.69) is 12.7 Å². The number of carbonyl (C=O) groups excluding carboxylic acids is 1. The molecule has 0 aromatic heterocycles. The topological polar surface area (TPSA) is 169 Å². The number of rotatable bonds is 7. The average Bonchev–Trinajstić information content (AvgIpc) is 2.36. The SMILES string of the molecule is CCCC[NH3+].O=C([O-])[C@H](O)[C@@H](O)[C@H](O)[C@H](O)CO. The van der Waals surface area contributed by atoms with E-state index in [1.807, 2.05) is 0 Å². The maximum atomic E-state index is 9.98. The quantitative estimate of drug-likeness (QED) is 0.269. The minimum absolute atomic E-state index is 0.863. The Balaban J connectivity index is 0. The minimum atomic E-state index is -2.31. The van der Waals surface area contributed by atoms with Gasteiger partial charge in [0.05, 0.1) is 19.1 Å². The lowest BCUT2D eigenvalue weighted by molar-refractivity contribution is -0.368. The fourth-order valence-electron chi connectivity index (χ4n) is 0.912. The van der Waals surface area contributed by atoms with Crippen LogP contribution in [0.5, 0.6) is 0 Å². The van der Waals surface area contributed by atoms with Crippen molar-refractivity contribution in [3.8, 4) is 0 Å². The van der Waals surface area contributed by atoms with Gasteiger partial charge < -0.3 is 41.2 Å². The van der Waals surface area contributed by atoms with Crippen molar-refractivity contribution in [2.75, 3.05) is 13.2 Å². The Labute approximate surface area is 105 Å². The minimum Gasteiger partial charge on any atom is -0.547 e. The van der Waals surface area contributed by atoms with Crippen LogP contribution in [0.1, 0.15) is 19.8 Å². The van der Waals surface area contributed by atoms with Crippen molar-refractivity contribution in [1.82, 2.24) is 0 Å². The number of unbranched alkanes of at least 4 members (excludes halogenated alkanes) is 1. The predicted octanol–water partition coefficient (Wildman–Crippen LogP) is -4.80. The molecule has 0 saturated carbocycles. The van der Waals surface area contributed by atoms with Gasteiger partial charge in [-0.3, -0.25) is 0 Å². The summed E-state index contributed by atoms with van der Waals surface area (Å²) in [4.78, 5) is 9.98. The molecule has 0 amide bonds. The summed E-state index contributed by atoms with van der Waals surface area (Å²) in [6.07, 6.45) is -5.52. The molecule has 0 unspecified atom stereocenters. The zero-order valence-corrected chi connectivity index (χ0v) is 10.4. The number of carboxylic acid groups (broad SMARTS) is 1. The molecule has 0 bridgehead atoms. The van der Waals surface area contributed by atoms with E-state index in [0.29, 0.717) is 0 Å². The van der Waals surface area contributed by atoms with Crippen LogP contribution in [0.2, 0.25) is 0 Å². The van der Waals surface area contributed by atoms with Gasteiger partial charge >= 0.3 is 0 Å². The monoisotopic (exact) mass is 269 g/mol. The first kappa shape index (κ1) is 19.6. The summed E-state index contributed by atoms with van der Waals surface area (Å²) in [5, 5.41) is 53.4. The highest BCUT2D eigenvalue weighted by Gasteiger charge is 2.30. The van der Waals surface area contributed by atoms with Crippen LogP contribution in [0, 0.1) is 0 Å². The largest absolute Gasteiger partial charge is 0.547 e. The molecule has 8 nitrogen and oxygen atoms in total. The molecule has 0 aliphatic heterocycles. The third kappa shape index (κ3) is 8.34. The van der Waals surface area contributed by atoms with Crippen molar-refractivity contribution >= 4 is 5.97 Å². The van der Waals surface area contributed by atoms with Crippen molar-refractivity contribution in [2.45, 2.75) is 44.2 Å². The van der Waals surface area contributed by atoms with Crippen LogP contribution < -0.4 is 10.8 Å². The highest BCUT2D eigenvalue weighted by Crippen LogP contribution is 2.04. The van der Waals surface area contributed by atoms with E-state index < -0.39 is 37.0 Å².